The van der Waals surface area contributed by atoms with Crippen LogP contribution in [0.1, 0.15) is 5.56 Å². The Labute approximate surface area is 223 Å². The molecule has 0 atom stereocenters. The molecule has 1 amide bonds. The molecule has 0 unspecified atom stereocenters. The fraction of sp³-hybridized carbons (Fsp3) is 0.160. The summed E-state index contributed by atoms with van der Waals surface area (Å²) >= 11 is 7.43. The van der Waals surface area contributed by atoms with Crippen LogP contribution in [0.25, 0.3) is 10.6 Å². The summed E-state index contributed by atoms with van der Waals surface area (Å²) in [5, 5.41) is 11.8. The maximum Gasteiger partial charge on any atom is 0.264 e. The van der Waals surface area contributed by atoms with Gasteiger partial charge in [0.15, 0.2) is 0 Å². The maximum absolute atomic E-state index is 13.6. The third-order valence-electron chi connectivity index (χ3n) is 5.33. The normalized spacial score (nSPS) is 11.1. The Morgan fingerprint density at radius 2 is 1.70 bits per heavy atom. The first-order valence-corrected chi connectivity index (χ1v) is 13.6. The number of carbonyl (C=O) groups excluding carboxylic acids is 1. The van der Waals surface area contributed by atoms with Gasteiger partial charge in [-0.05, 0) is 61.5 Å². The van der Waals surface area contributed by atoms with E-state index >= 15 is 0 Å². The Hall–Kier alpha value is -3.67. The first-order valence-electron chi connectivity index (χ1n) is 10.9. The molecule has 9 nitrogen and oxygen atoms in total. The zero-order valence-electron chi connectivity index (χ0n) is 20.1. The summed E-state index contributed by atoms with van der Waals surface area (Å²) in [6.07, 6.45) is 0. The van der Waals surface area contributed by atoms with Gasteiger partial charge >= 0.3 is 0 Å². The lowest BCUT2D eigenvalue weighted by atomic mass is 10.2. The smallest absolute Gasteiger partial charge is 0.264 e. The van der Waals surface area contributed by atoms with E-state index in [0.29, 0.717) is 16.5 Å². The summed E-state index contributed by atoms with van der Waals surface area (Å²) < 4.78 is 38.5. The zero-order chi connectivity index (χ0) is 26.6. The van der Waals surface area contributed by atoms with Gasteiger partial charge in [-0.25, -0.2) is 8.42 Å². The number of hydrogen-bond acceptors (Lipinski definition) is 8. The molecular formula is C25H23ClN4O5S2. The van der Waals surface area contributed by atoms with E-state index in [9.17, 15) is 13.2 Å². The van der Waals surface area contributed by atoms with Crippen LogP contribution in [0.15, 0.2) is 71.6 Å². The van der Waals surface area contributed by atoms with Crippen LogP contribution >= 0.6 is 22.9 Å². The predicted molar refractivity (Wildman–Crippen MR) is 144 cm³/mol. The van der Waals surface area contributed by atoms with Gasteiger partial charge in [0.25, 0.3) is 10.0 Å². The minimum absolute atomic E-state index is 0.0375. The molecule has 0 saturated carbocycles. The van der Waals surface area contributed by atoms with Gasteiger partial charge in [-0.3, -0.25) is 14.4 Å². The SMILES string of the molecule is COc1ccc(-c2nnc(NC(=O)CN(c3ccc(OC)c(Cl)c3)S(=O)(=O)c3ccc(C)cc3)s2)cc1. The van der Waals surface area contributed by atoms with Crippen molar-refractivity contribution in [2.75, 3.05) is 30.4 Å². The molecule has 0 spiro atoms. The van der Waals surface area contributed by atoms with Crippen LogP contribution < -0.4 is 19.1 Å². The van der Waals surface area contributed by atoms with E-state index in [4.69, 9.17) is 21.1 Å². The van der Waals surface area contributed by atoms with E-state index in [-0.39, 0.29) is 20.7 Å². The summed E-state index contributed by atoms with van der Waals surface area (Å²) in [4.78, 5) is 13.1. The lowest BCUT2D eigenvalue weighted by molar-refractivity contribution is -0.114. The molecule has 4 rings (SSSR count). The van der Waals surface area contributed by atoms with Crippen molar-refractivity contribution in [2.45, 2.75) is 11.8 Å². The molecule has 0 aliphatic carbocycles. The van der Waals surface area contributed by atoms with Crippen LogP contribution in [0.4, 0.5) is 10.8 Å². The molecule has 0 aliphatic heterocycles. The van der Waals surface area contributed by atoms with E-state index < -0.39 is 22.5 Å². The number of rotatable bonds is 9. The van der Waals surface area contributed by atoms with Gasteiger partial charge in [-0.15, -0.1) is 10.2 Å². The van der Waals surface area contributed by atoms with Crippen molar-refractivity contribution in [3.05, 3.63) is 77.3 Å². The number of anilines is 2. The summed E-state index contributed by atoms with van der Waals surface area (Å²) in [5.74, 6) is 0.484. The van der Waals surface area contributed by atoms with Crippen molar-refractivity contribution in [3.63, 3.8) is 0 Å². The molecule has 0 fully saturated rings. The van der Waals surface area contributed by atoms with Crippen molar-refractivity contribution >= 4 is 49.7 Å². The van der Waals surface area contributed by atoms with Crippen molar-refractivity contribution in [1.29, 1.82) is 0 Å². The van der Waals surface area contributed by atoms with Gasteiger partial charge in [-0.1, -0.05) is 40.6 Å². The Morgan fingerprint density at radius 3 is 2.32 bits per heavy atom. The van der Waals surface area contributed by atoms with Crippen LogP contribution in [-0.4, -0.2) is 45.3 Å². The molecule has 1 aromatic heterocycles. The van der Waals surface area contributed by atoms with Crippen molar-refractivity contribution < 1.29 is 22.7 Å². The van der Waals surface area contributed by atoms with Gasteiger partial charge in [0, 0.05) is 5.56 Å². The number of carbonyl (C=O) groups is 1. The van der Waals surface area contributed by atoms with Crippen LogP contribution in [0.5, 0.6) is 11.5 Å². The van der Waals surface area contributed by atoms with Gasteiger partial charge in [-0.2, -0.15) is 0 Å². The topological polar surface area (TPSA) is 111 Å². The Kier molecular flexibility index (Phi) is 7.96. The van der Waals surface area contributed by atoms with Gasteiger partial charge < -0.3 is 9.47 Å². The second-order valence-electron chi connectivity index (χ2n) is 7.83. The first-order chi connectivity index (χ1) is 17.7. The molecule has 12 heteroatoms. The molecule has 1 N–H and O–H groups in total. The van der Waals surface area contributed by atoms with Crippen molar-refractivity contribution in [2.24, 2.45) is 0 Å². The fourth-order valence-electron chi connectivity index (χ4n) is 3.38. The molecule has 0 saturated heterocycles. The second kappa shape index (κ2) is 11.2. The number of halogens is 1. The first kappa shape index (κ1) is 26.4. The van der Waals surface area contributed by atoms with Crippen LogP contribution in [0, 0.1) is 6.92 Å². The lowest BCUT2D eigenvalue weighted by Gasteiger charge is -2.24. The quantitative estimate of drug-likeness (QED) is 0.307. The highest BCUT2D eigenvalue weighted by Gasteiger charge is 2.28. The summed E-state index contributed by atoms with van der Waals surface area (Å²) in [6, 6.07) is 18.1. The second-order valence-corrected chi connectivity index (χ2v) is 11.1. The summed E-state index contributed by atoms with van der Waals surface area (Å²) in [6.45, 7) is 1.34. The molecule has 3 aromatic carbocycles. The number of nitrogens with zero attached hydrogens (tertiary/aromatic N) is 3. The monoisotopic (exact) mass is 558 g/mol. The summed E-state index contributed by atoms with van der Waals surface area (Å²) in [5.41, 5.74) is 1.91. The molecule has 4 aromatic rings. The number of benzene rings is 3. The lowest BCUT2D eigenvalue weighted by Crippen LogP contribution is -2.38. The average Bonchev–Trinajstić information content (AvgIpc) is 3.35. The maximum atomic E-state index is 13.6. The molecule has 0 bridgehead atoms. The third kappa shape index (κ3) is 6.01. The van der Waals surface area contributed by atoms with E-state index in [2.05, 4.69) is 15.5 Å². The van der Waals surface area contributed by atoms with Crippen LogP contribution in [0.2, 0.25) is 5.02 Å². The minimum atomic E-state index is -4.11. The number of aromatic nitrogens is 2. The highest BCUT2D eigenvalue weighted by atomic mass is 35.5. The highest BCUT2D eigenvalue weighted by molar-refractivity contribution is 7.92. The third-order valence-corrected chi connectivity index (χ3v) is 8.30. The number of hydrogen-bond donors (Lipinski definition) is 1. The highest BCUT2D eigenvalue weighted by Crippen LogP contribution is 2.32. The Balaban J connectivity index is 1.60. The number of amides is 1. The van der Waals surface area contributed by atoms with E-state index in [1.165, 1.54) is 31.4 Å². The number of ether oxygens (including phenoxy) is 2. The van der Waals surface area contributed by atoms with Gasteiger partial charge in [0.2, 0.25) is 11.0 Å². The predicted octanol–water partition coefficient (Wildman–Crippen LogP) is 5.02. The molecular weight excluding hydrogens is 536 g/mol. The fourth-order valence-corrected chi connectivity index (χ4v) is 5.81. The number of methoxy groups -OCH3 is 2. The largest absolute Gasteiger partial charge is 0.497 e. The minimum Gasteiger partial charge on any atom is -0.497 e. The Morgan fingerprint density at radius 1 is 1.00 bits per heavy atom. The van der Waals surface area contributed by atoms with Gasteiger partial charge in [0.05, 0.1) is 29.8 Å². The zero-order valence-corrected chi connectivity index (χ0v) is 22.5. The molecule has 1 heterocycles. The summed E-state index contributed by atoms with van der Waals surface area (Å²) in [7, 11) is -1.08. The Bertz CT molecular complexity index is 1510. The van der Waals surface area contributed by atoms with E-state index in [1.54, 1.807) is 37.4 Å². The standard InChI is InChI=1S/C25H23ClN4O5S2/c1-16-4-11-20(12-5-16)37(32,33)30(18-8-13-22(35-3)21(26)14-18)15-23(31)27-25-29-28-24(36-25)17-6-9-19(34-2)10-7-17/h4-14H,15H2,1-3H3,(H,27,29,31). The number of sulfonamides is 1. The average molecular weight is 559 g/mol. The molecule has 0 radical (unpaired) electrons. The van der Waals surface area contributed by atoms with Crippen LogP contribution in [-0.2, 0) is 14.8 Å². The molecule has 192 valence electrons. The molecule has 0 aliphatic rings. The molecule has 37 heavy (non-hydrogen) atoms. The van der Waals surface area contributed by atoms with Crippen molar-refractivity contribution in [3.8, 4) is 22.1 Å². The number of nitrogens with one attached hydrogen (secondary N) is 1. The van der Waals surface area contributed by atoms with Crippen molar-refractivity contribution in [1.82, 2.24) is 10.2 Å². The van der Waals surface area contributed by atoms with Gasteiger partial charge in [0.1, 0.15) is 23.1 Å². The van der Waals surface area contributed by atoms with E-state index in [1.807, 2.05) is 19.1 Å². The van der Waals surface area contributed by atoms with E-state index in [0.717, 1.165) is 26.8 Å². The number of aryl methyl sites for hydroxylation is 1. The van der Waals surface area contributed by atoms with Crippen LogP contribution in [0.3, 0.4) is 0 Å².